The molecule has 7 heteroatoms. The second-order valence-corrected chi connectivity index (χ2v) is 6.09. The van der Waals surface area contributed by atoms with Crippen LogP contribution in [0.15, 0.2) is 0 Å². The molecule has 0 aromatic heterocycles. The van der Waals surface area contributed by atoms with Crippen LogP contribution in [0.5, 0.6) is 0 Å². The van der Waals surface area contributed by atoms with Crippen molar-refractivity contribution in [3.63, 3.8) is 0 Å². The van der Waals surface area contributed by atoms with E-state index in [1.165, 1.54) is 4.90 Å². The van der Waals surface area contributed by atoms with E-state index in [1.54, 1.807) is 30.6 Å². The summed E-state index contributed by atoms with van der Waals surface area (Å²) in [5.74, 6) is -0.595. The predicted molar refractivity (Wildman–Crippen MR) is 77.3 cm³/mol. The fourth-order valence-electron chi connectivity index (χ4n) is 2.08. The van der Waals surface area contributed by atoms with Crippen molar-refractivity contribution in [2.24, 2.45) is 5.92 Å². The molecule has 0 aromatic rings. The molecule has 1 heterocycles. The Bertz CT molecular complexity index is 389. The number of rotatable bonds is 6. The van der Waals surface area contributed by atoms with Gasteiger partial charge in [0.15, 0.2) is 0 Å². The van der Waals surface area contributed by atoms with E-state index in [9.17, 15) is 14.4 Å². The van der Waals surface area contributed by atoms with E-state index >= 15 is 0 Å². The van der Waals surface area contributed by atoms with Gasteiger partial charge in [-0.05, 0) is 6.42 Å². The molecule has 0 radical (unpaired) electrons. The molecule has 1 aliphatic heterocycles. The van der Waals surface area contributed by atoms with Crippen LogP contribution in [-0.4, -0.2) is 64.0 Å². The number of likely N-dealkylation sites (N-methyl/N-ethyl adjacent to an activating group) is 1. The summed E-state index contributed by atoms with van der Waals surface area (Å²) >= 11 is 1.56. The molecular formula is C13H22N2O4S. The minimum absolute atomic E-state index is 0.00414. The topological polar surface area (TPSA) is 77.9 Å². The Hall–Kier alpha value is -1.24. The molecule has 1 rings (SSSR count). The molecule has 0 saturated carbocycles. The number of aliphatic carboxylic acids is 1. The van der Waals surface area contributed by atoms with Crippen molar-refractivity contribution in [1.29, 1.82) is 0 Å². The summed E-state index contributed by atoms with van der Waals surface area (Å²) in [5.41, 5.74) is 0. The number of carboxylic acids is 1. The van der Waals surface area contributed by atoms with Crippen LogP contribution >= 0.6 is 11.8 Å². The van der Waals surface area contributed by atoms with Gasteiger partial charge in [-0.15, -0.1) is 11.8 Å². The number of nitrogens with zero attached hydrogens (tertiary/aromatic N) is 2. The average molecular weight is 302 g/mol. The molecule has 114 valence electrons. The molecule has 0 spiro atoms. The lowest BCUT2D eigenvalue weighted by Crippen LogP contribution is -2.49. The third-order valence-electron chi connectivity index (χ3n) is 3.30. The zero-order chi connectivity index (χ0) is 15.3. The van der Waals surface area contributed by atoms with Gasteiger partial charge in [-0.2, -0.15) is 0 Å². The first-order valence-corrected chi connectivity index (χ1v) is 7.88. The van der Waals surface area contributed by atoms with E-state index in [0.29, 0.717) is 18.1 Å². The molecule has 6 nitrogen and oxygen atoms in total. The lowest BCUT2D eigenvalue weighted by molar-refractivity contribution is -0.146. The quantitative estimate of drug-likeness (QED) is 0.787. The summed E-state index contributed by atoms with van der Waals surface area (Å²) in [6.07, 6.45) is 1.20. The average Bonchev–Trinajstić information content (AvgIpc) is 2.86. The number of thioether (sulfide) groups is 1. The minimum Gasteiger partial charge on any atom is -0.481 e. The van der Waals surface area contributed by atoms with E-state index in [4.69, 9.17) is 5.11 Å². The van der Waals surface area contributed by atoms with Crippen LogP contribution in [0.1, 0.15) is 26.7 Å². The van der Waals surface area contributed by atoms with Crippen LogP contribution in [0.25, 0.3) is 0 Å². The zero-order valence-electron chi connectivity index (χ0n) is 12.2. The number of hydrogen-bond acceptors (Lipinski definition) is 4. The fraction of sp³-hybridized carbons (Fsp3) is 0.769. The van der Waals surface area contributed by atoms with Crippen LogP contribution in [0.3, 0.4) is 0 Å². The first-order chi connectivity index (χ1) is 9.38. The summed E-state index contributed by atoms with van der Waals surface area (Å²) in [6.45, 7) is 3.65. The van der Waals surface area contributed by atoms with E-state index in [1.807, 2.05) is 6.92 Å². The monoisotopic (exact) mass is 302 g/mol. The van der Waals surface area contributed by atoms with Gasteiger partial charge in [0.05, 0.1) is 11.8 Å². The summed E-state index contributed by atoms with van der Waals surface area (Å²) in [6, 6.07) is -0.454. The smallest absolute Gasteiger partial charge is 0.308 e. The molecule has 0 aliphatic carbocycles. The van der Waals surface area contributed by atoms with Gasteiger partial charge in [-0.25, -0.2) is 0 Å². The Kier molecular flexibility index (Phi) is 6.32. The second kappa shape index (κ2) is 7.52. The lowest BCUT2D eigenvalue weighted by Gasteiger charge is -2.28. The third kappa shape index (κ3) is 4.13. The van der Waals surface area contributed by atoms with Gasteiger partial charge in [0.2, 0.25) is 11.8 Å². The molecule has 2 unspecified atom stereocenters. The Balaban J connectivity index is 2.65. The first-order valence-electron chi connectivity index (χ1n) is 6.73. The molecule has 0 aromatic carbocycles. The maximum absolute atomic E-state index is 12.3. The standard InChI is InChI=1S/C13H22N2O4S/c1-4-5-11(16)15-8-20-7-10(15)12(17)14(3)6-9(2)13(18)19/h9-10H,4-8H2,1-3H3,(H,18,19). The highest BCUT2D eigenvalue weighted by atomic mass is 32.2. The van der Waals surface area contributed by atoms with Gasteiger partial charge >= 0.3 is 5.97 Å². The van der Waals surface area contributed by atoms with E-state index < -0.39 is 17.9 Å². The van der Waals surface area contributed by atoms with E-state index in [0.717, 1.165) is 6.42 Å². The number of hydrogen-bond donors (Lipinski definition) is 1. The van der Waals surface area contributed by atoms with Crippen LogP contribution in [-0.2, 0) is 14.4 Å². The number of carbonyl (C=O) groups excluding carboxylic acids is 2. The lowest BCUT2D eigenvalue weighted by atomic mass is 10.1. The Morgan fingerprint density at radius 1 is 1.45 bits per heavy atom. The van der Waals surface area contributed by atoms with Crippen LogP contribution < -0.4 is 0 Å². The van der Waals surface area contributed by atoms with Crippen molar-refractivity contribution in [2.45, 2.75) is 32.7 Å². The third-order valence-corrected chi connectivity index (χ3v) is 4.31. The summed E-state index contributed by atoms with van der Waals surface area (Å²) < 4.78 is 0. The maximum Gasteiger partial charge on any atom is 0.308 e. The van der Waals surface area contributed by atoms with Gasteiger partial charge in [-0.3, -0.25) is 14.4 Å². The van der Waals surface area contributed by atoms with Crippen molar-refractivity contribution < 1.29 is 19.5 Å². The van der Waals surface area contributed by atoms with E-state index in [-0.39, 0.29) is 18.4 Å². The summed E-state index contributed by atoms with van der Waals surface area (Å²) in [7, 11) is 1.59. The summed E-state index contributed by atoms with van der Waals surface area (Å²) in [4.78, 5) is 38.2. The van der Waals surface area contributed by atoms with Gasteiger partial charge in [-0.1, -0.05) is 13.8 Å². The maximum atomic E-state index is 12.3. The van der Waals surface area contributed by atoms with Gasteiger partial charge in [0.25, 0.3) is 0 Å². The zero-order valence-corrected chi connectivity index (χ0v) is 13.0. The molecule has 20 heavy (non-hydrogen) atoms. The molecule has 1 N–H and O–H groups in total. The minimum atomic E-state index is -0.927. The van der Waals surface area contributed by atoms with Gasteiger partial charge in [0, 0.05) is 25.8 Å². The van der Waals surface area contributed by atoms with E-state index in [2.05, 4.69) is 0 Å². The van der Waals surface area contributed by atoms with Crippen molar-refractivity contribution in [1.82, 2.24) is 9.80 Å². The van der Waals surface area contributed by atoms with Crippen molar-refractivity contribution in [2.75, 3.05) is 25.2 Å². The fourth-order valence-corrected chi connectivity index (χ4v) is 3.26. The first kappa shape index (κ1) is 16.8. The molecule has 1 aliphatic rings. The van der Waals surface area contributed by atoms with Crippen LogP contribution in [0.2, 0.25) is 0 Å². The van der Waals surface area contributed by atoms with Crippen molar-refractivity contribution >= 4 is 29.5 Å². The van der Waals surface area contributed by atoms with Crippen LogP contribution in [0, 0.1) is 5.92 Å². The SMILES string of the molecule is CCCC(=O)N1CSCC1C(=O)N(C)CC(C)C(=O)O. The van der Waals surface area contributed by atoms with Gasteiger partial charge in [0.1, 0.15) is 6.04 Å². The van der Waals surface area contributed by atoms with Gasteiger partial charge < -0.3 is 14.9 Å². The largest absolute Gasteiger partial charge is 0.481 e. The highest BCUT2D eigenvalue weighted by molar-refractivity contribution is 7.99. The van der Waals surface area contributed by atoms with Crippen molar-refractivity contribution in [3.05, 3.63) is 0 Å². The predicted octanol–water partition coefficient (Wildman–Crippen LogP) is 0.867. The Labute approximate surface area is 123 Å². The highest BCUT2D eigenvalue weighted by Gasteiger charge is 2.36. The van der Waals surface area contributed by atoms with Crippen molar-refractivity contribution in [3.8, 4) is 0 Å². The molecular weight excluding hydrogens is 280 g/mol. The molecule has 2 atom stereocenters. The normalized spacial score (nSPS) is 19.8. The molecule has 0 bridgehead atoms. The number of carbonyl (C=O) groups is 3. The van der Waals surface area contributed by atoms with Crippen LogP contribution in [0.4, 0.5) is 0 Å². The summed E-state index contributed by atoms with van der Waals surface area (Å²) in [5, 5.41) is 8.88. The molecule has 2 amide bonds. The highest BCUT2D eigenvalue weighted by Crippen LogP contribution is 2.23. The molecule has 1 fully saturated rings. The number of amides is 2. The Morgan fingerprint density at radius 3 is 2.65 bits per heavy atom. The molecule has 1 saturated heterocycles. The number of carboxylic acid groups (broad SMARTS) is 1. The second-order valence-electron chi connectivity index (χ2n) is 5.09. The Morgan fingerprint density at radius 2 is 2.10 bits per heavy atom.